The molecule has 3 aromatic rings. The van der Waals surface area contributed by atoms with E-state index in [1.807, 2.05) is 74.5 Å². The molecule has 0 saturated carbocycles. The molecule has 138 valence electrons. The lowest BCUT2D eigenvalue weighted by atomic mass is 10.0. The smallest absolute Gasteiger partial charge is 0.311 e. The number of hydrogen-bond donors (Lipinski definition) is 1. The summed E-state index contributed by atoms with van der Waals surface area (Å²) in [5.41, 5.74) is 3.64. The Kier molecular flexibility index (Phi) is 5.55. The van der Waals surface area contributed by atoms with Gasteiger partial charge in [0.2, 0.25) is 0 Å². The Bertz CT molecular complexity index is 989. The summed E-state index contributed by atoms with van der Waals surface area (Å²) in [6.45, 7) is 5.47. The molecule has 0 aromatic heterocycles. The maximum absolute atomic E-state index is 12.4. The maximum Gasteiger partial charge on any atom is 0.311 e. The molecule has 0 aliphatic heterocycles. The average Bonchev–Trinajstić information content (AvgIpc) is 2.65. The van der Waals surface area contributed by atoms with Crippen molar-refractivity contribution in [2.45, 2.75) is 33.3 Å². The minimum atomic E-state index is -0.868. The highest BCUT2D eigenvalue weighted by molar-refractivity contribution is 5.96. The van der Waals surface area contributed by atoms with Crippen molar-refractivity contribution < 1.29 is 14.3 Å². The molecule has 0 saturated heterocycles. The molecule has 0 spiro atoms. The Labute approximate surface area is 159 Å². The number of nitrogens with one attached hydrogen (secondary N) is 1. The molecule has 1 atom stereocenters. The van der Waals surface area contributed by atoms with Crippen LogP contribution in [0.15, 0.2) is 60.7 Å². The number of rotatable bonds is 5. The van der Waals surface area contributed by atoms with E-state index in [0.29, 0.717) is 0 Å². The lowest BCUT2D eigenvalue weighted by Gasteiger charge is -2.15. The van der Waals surface area contributed by atoms with E-state index in [-0.39, 0.29) is 12.3 Å². The number of fused-ring (bicyclic) bond motifs is 1. The Morgan fingerprint density at radius 3 is 2.56 bits per heavy atom. The van der Waals surface area contributed by atoms with Crippen LogP contribution in [0.1, 0.15) is 23.6 Å². The summed E-state index contributed by atoms with van der Waals surface area (Å²) in [6, 6.07) is 19.6. The van der Waals surface area contributed by atoms with Crippen LogP contribution < -0.4 is 5.32 Å². The van der Waals surface area contributed by atoms with Crippen molar-refractivity contribution in [3.8, 4) is 0 Å². The zero-order chi connectivity index (χ0) is 19.4. The molecule has 4 nitrogen and oxygen atoms in total. The molecule has 3 rings (SSSR count). The van der Waals surface area contributed by atoms with Crippen LogP contribution in [0.4, 0.5) is 5.69 Å². The Hall–Kier alpha value is -3.14. The molecule has 0 bridgehead atoms. The third kappa shape index (κ3) is 4.53. The van der Waals surface area contributed by atoms with Crippen molar-refractivity contribution in [3.05, 3.63) is 77.4 Å². The molecular formula is C23H23NO3. The van der Waals surface area contributed by atoms with Crippen LogP contribution in [-0.4, -0.2) is 18.0 Å². The van der Waals surface area contributed by atoms with Crippen LogP contribution in [0, 0.1) is 13.8 Å². The van der Waals surface area contributed by atoms with Gasteiger partial charge in [-0.15, -0.1) is 0 Å². The van der Waals surface area contributed by atoms with Gasteiger partial charge in [0.15, 0.2) is 6.10 Å². The van der Waals surface area contributed by atoms with E-state index in [9.17, 15) is 9.59 Å². The van der Waals surface area contributed by atoms with Crippen molar-refractivity contribution in [2.24, 2.45) is 0 Å². The van der Waals surface area contributed by atoms with E-state index in [1.165, 1.54) is 0 Å². The van der Waals surface area contributed by atoms with Crippen molar-refractivity contribution in [1.82, 2.24) is 0 Å². The van der Waals surface area contributed by atoms with Crippen molar-refractivity contribution in [1.29, 1.82) is 0 Å². The summed E-state index contributed by atoms with van der Waals surface area (Å²) in [6.07, 6.45) is -0.741. The second-order valence-corrected chi connectivity index (χ2v) is 6.75. The third-order valence-electron chi connectivity index (χ3n) is 4.54. The zero-order valence-electron chi connectivity index (χ0n) is 15.8. The highest BCUT2D eigenvalue weighted by Crippen LogP contribution is 2.20. The molecule has 0 aliphatic carbocycles. The van der Waals surface area contributed by atoms with Crippen LogP contribution in [0.3, 0.4) is 0 Å². The third-order valence-corrected chi connectivity index (χ3v) is 4.54. The number of amides is 1. The maximum atomic E-state index is 12.4. The first kappa shape index (κ1) is 18.6. The van der Waals surface area contributed by atoms with E-state index in [4.69, 9.17) is 4.74 Å². The molecule has 4 heteroatoms. The summed E-state index contributed by atoms with van der Waals surface area (Å²) in [5.74, 6) is -0.759. The normalized spacial score (nSPS) is 11.8. The summed E-state index contributed by atoms with van der Waals surface area (Å²) in [5, 5.41) is 4.92. The van der Waals surface area contributed by atoms with Crippen LogP contribution in [0.5, 0.6) is 0 Å². The van der Waals surface area contributed by atoms with Gasteiger partial charge in [0, 0.05) is 5.69 Å². The van der Waals surface area contributed by atoms with Gasteiger partial charge in [-0.3, -0.25) is 9.59 Å². The van der Waals surface area contributed by atoms with Gasteiger partial charge in [0.25, 0.3) is 5.91 Å². The number of anilines is 1. The highest BCUT2D eigenvalue weighted by Gasteiger charge is 2.19. The lowest BCUT2D eigenvalue weighted by Crippen LogP contribution is -2.30. The molecule has 0 fully saturated rings. The number of carbonyl (C=O) groups is 2. The number of esters is 1. The number of aryl methyl sites for hydroxylation is 2. The van der Waals surface area contributed by atoms with Gasteiger partial charge in [-0.2, -0.15) is 0 Å². The molecule has 1 unspecified atom stereocenters. The van der Waals surface area contributed by atoms with Crippen molar-refractivity contribution >= 4 is 28.3 Å². The molecule has 0 radical (unpaired) electrons. The standard InChI is InChI=1S/C23H23NO3/c1-15-11-12-16(2)21(13-15)24-23(26)17(3)27-22(25)14-19-9-6-8-18-7-4-5-10-20(18)19/h4-13,17H,14H2,1-3H3,(H,24,26). The number of carbonyl (C=O) groups excluding carboxylic acids is 2. The molecule has 0 heterocycles. The summed E-state index contributed by atoms with van der Waals surface area (Å²) in [4.78, 5) is 24.7. The fraction of sp³-hybridized carbons (Fsp3) is 0.217. The quantitative estimate of drug-likeness (QED) is 0.677. The Morgan fingerprint density at radius 1 is 1.00 bits per heavy atom. The molecule has 27 heavy (non-hydrogen) atoms. The van der Waals surface area contributed by atoms with E-state index < -0.39 is 12.1 Å². The first-order valence-corrected chi connectivity index (χ1v) is 8.98. The van der Waals surface area contributed by atoms with Crippen LogP contribution in [0.25, 0.3) is 10.8 Å². The first-order valence-electron chi connectivity index (χ1n) is 8.98. The number of ether oxygens (including phenoxy) is 1. The van der Waals surface area contributed by atoms with Crippen LogP contribution >= 0.6 is 0 Å². The van der Waals surface area contributed by atoms with Crippen molar-refractivity contribution in [3.63, 3.8) is 0 Å². The van der Waals surface area contributed by atoms with Crippen molar-refractivity contribution in [2.75, 3.05) is 5.32 Å². The SMILES string of the molecule is Cc1ccc(C)c(NC(=O)C(C)OC(=O)Cc2cccc3ccccc23)c1. The Balaban J connectivity index is 1.64. The largest absolute Gasteiger partial charge is 0.452 e. The lowest BCUT2D eigenvalue weighted by molar-refractivity contribution is -0.152. The van der Waals surface area contributed by atoms with Gasteiger partial charge in [-0.25, -0.2) is 0 Å². The minimum Gasteiger partial charge on any atom is -0.452 e. The van der Waals surface area contributed by atoms with Gasteiger partial charge in [0.05, 0.1) is 6.42 Å². The average molecular weight is 361 g/mol. The molecule has 1 N–H and O–H groups in total. The van der Waals surface area contributed by atoms with Crippen LogP contribution in [0.2, 0.25) is 0 Å². The predicted octanol–water partition coefficient (Wildman–Crippen LogP) is 4.57. The fourth-order valence-corrected chi connectivity index (χ4v) is 3.00. The van der Waals surface area contributed by atoms with E-state index in [2.05, 4.69) is 5.32 Å². The van der Waals surface area contributed by atoms with E-state index >= 15 is 0 Å². The highest BCUT2D eigenvalue weighted by atomic mass is 16.5. The fourth-order valence-electron chi connectivity index (χ4n) is 3.00. The molecule has 0 aliphatic rings. The molecule has 1 amide bonds. The van der Waals surface area contributed by atoms with Gasteiger partial charge >= 0.3 is 5.97 Å². The van der Waals surface area contributed by atoms with Gasteiger partial charge in [-0.05, 0) is 54.3 Å². The second kappa shape index (κ2) is 8.04. The zero-order valence-corrected chi connectivity index (χ0v) is 15.8. The minimum absolute atomic E-state index is 0.127. The number of benzene rings is 3. The van der Waals surface area contributed by atoms with Gasteiger partial charge in [-0.1, -0.05) is 54.6 Å². The number of hydrogen-bond acceptors (Lipinski definition) is 3. The summed E-state index contributed by atoms with van der Waals surface area (Å²) < 4.78 is 5.36. The van der Waals surface area contributed by atoms with Crippen LogP contribution in [-0.2, 0) is 20.7 Å². The molecule has 3 aromatic carbocycles. The van der Waals surface area contributed by atoms with Gasteiger partial charge in [0.1, 0.15) is 0 Å². The van der Waals surface area contributed by atoms with E-state index in [0.717, 1.165) is 33.2 Å². The predicted molar refractivity (Wildman–Crippen MR) is 108 cm³/mol. The summed E-state index contributed by atoms with van der Waals surface area (Å²) >= 11 is 0. The van der Waals surface area contributed by atoms with Gasteiger partial charge < -0.3 is 10.1 Å². The first-order chi connectivity index (χ1) is 12.9. The summed E-state index contributed by atoms with van der Waals surface area (Å²) in [7, 11) is 0. The topological polar surface area (TPSA) is 55.4 Å². The van der Waals surface area contributed by atoms with E-state index in [1.54, 1.807) is 6.92 Å². The molecular weight excluding hydrogens is 338 g/mol. The monoisotopic (exact) mass is 361 g/mol. The second-order valence-electron chi connectivity index (χ2n) is 6.75. The Morgan fingerprint density at radius 2 is 1.74 bits per heavy atom.